The fourth-order valence-corrected chi connectivity index (χ4v) is 2.09. The number of rotatable bonds is 4. The summed E-state index contributed by atoms with van der Waals surface area (Å²) in [6, 6.07) is 11.3. The van der Waals surface area contributed by atoms with Gasteiger partial charge in [0.2, 0.25) is 0 Å². The molecule has 0 radical (unpaired) electrons. The highest BCUT2D eigenvalue weighted by Gasteiger charge is 2.08. The van der Waals surface area contributed by atoms with Crippen molar-refractivity contribution >= 4 is 22.5 Å². The van der Waals surface area contributed by atoms with Crippen LogP contribution in [-0.2, 0) is 16.0 Å². The normalized spacial score (nSPS) is 10.4. The lowest BCUT2D eigenvalue weighted by Crippen LogP contribution is -2.07. The zero-order valence-corrected chi connectivity index (χ0v) is 11.1. The van der Waals surface area contributed by atoms with Gasteiger partial charge in [0.05, 0.1) is 13.0 Å². The van der Waals surface area contributed by atoms with E-state index in [4.69, 9.17) is 4.74 Å². The standard InChI is InChI=1S/C16H16O3/c1-3-19-16(18)10-14-6-4-5-13-9-12(11(2)17)7-8-15(13)14/h4-9H,3,10H2,1-2H3. The fourth-order valence-electron chi connectivity index (χ4n) is 2.09. The molecule has 0 aliphatic carbocycles. The van der Waals surface area contributed by atoms with E-state index in [9.17, 15) is 9.59 Å². The molecule has 2 aromatic rings. The van der Waals surface area contributed by atoms with E-state index in [2.05, 4.69) is 0 Å². The maximum absolute atomic E-state index is 11.6. The van der Waals surface area contributed by atoms with Gasteiger partial charge in [-0.15, -0.1) is 0 Å². The van der Waals surface area contributed by atoms with Crippen molar-refractivity contribution < 1.29 is 14.3 Å². The molecule has 3 heteroatoms. The number of carbonyl (C=O) groups excluding carboxylic acids is 2. The van der Waals surface area contributed by atoms with Crippen LogP contribution in [0.25, 0.3) is 10.8 Å². The molecule has 0 bridgehead atoms. The summed E-state index contributed by atoms with van der Waals surface area (Å²) in [6.07, 6.45) is 0.255. The number of hydrogen-bond donors (Lipinski definition) is 0. The number of carbonyl (C=O) groups is 2. The summed E-state index contributed by atoms with van der Waals surface area (Å²) in [6.45, 7) is 3.72. The van der Waals surface area contributed by atoms with Gasteiger partial charge >= 0.3 is 5.97 Å². The lowest BCUT2D eigenvalue weighted by Gasteiger charge is -2.07. The van der Waals surface area contributed by atoms with Gasteiger partial charge in [0.25, 0.3) is 0 Å². The molecule has 2 rings (SSSR count). The summed E-state index contributed by atoms with van der Waals surface area (Å²) in [5.74, 6) is -0.191. The Morgan fingerprint density at radius 1 is 1.16 bits per heavy atom. The Morgan fingerprint density at radius 3 is 2.63 bits per heavy atom. The molecule has 19 heavy (non-hydrogen) atoms. The minimum atomic E-state index is -0.231. The van der Waals surface area contributed by atoms with Crippen molar-refractivity contribution in [1.82, 2.24) is 0 Å². The Labute approximate surface area is 112 Å². The van der Waals surface area contributed by atoms with Crippen molar-refractivity contribution in [2.45, 2.75) is 20.3 Å². The third-order valence-corrected chi connectivity index (χ3v) is 3.02. The topological polar surface area (TPSA) is 43.4 Å². The molecular weight excluding hydrogens is 240 g/mol. The van der Waals surface area contributed by atoms with Gasteiger partial charge in [0, 0.05) is 5.56 Å². The summed E-state index contributed by atoms with van der Waals surface area (Å²) in [7, 11) is 0. The monoisotopic (exact) mass is 256 g/mol. The van der Waals surface area contributed by atoms with Gasteiger partial charge < -0.3 is 4.74 Å². The number of fused-ring (bicyclic) bond motifs is 1. The summed E-state index contributed by atoms with van der Waals surface area (Å²) in [5, 5.41) is 1.95. The van der Waals surface area contributed by atoms with E-state index >= 15 is 0 Å². The molecule has 0 N–H and O–H groups in total. The van der Waals surface area contributed by atoms with Gasteiger partial charge in [0.1, 0.15) is 0 Å². The Balaban J connectivity index is 2.40. The molecule has 0 unspecified atom stereocenters. The highest BCUT2D eigenvalue weighted by molar-refractivity contribution is 5.99. The summed E-state index contributed by atoms with van der Waals surface area (Å²) in [5.41, 5.74) is 1.60. The van der Waals surface area contributed by atoms with Crippen molar-refractivity contribution in [2.24, 2.45) is 0 Å². The number of ether oxygens (including phenoxy) is 1. The van der Waals surface area contributed by atoms with Crippen LogP contribution in [0.1, 0.15) is 29.8 Å². The molecule has 2 aromatic carbocycles. The van der Waals surface area contributed by atoms with Crippen LogP contribution in [0.4, 0.5) is 0 Å². The Kier molecular flexibility index (Phi) is 3.95. The van der Waals surface area contributed by atoms with E-state index in [1.54, 1.807) is 19.9 Å². The third kappa shape index (κ3) is 2.99. The van der Waals surface area contributed by atoms with Crippen LogP contribution in [0.5, 0.6) is 0 Å². The van der Waals surface area contributed by atoms with Crippen LogP contribution in [0, 0.1) is 0 Å². The molecule has 98 valence electrons. The molecule has 3 nitrogen and oxygen atoms in total. The SMILES string of the molecule is CCOC(=O)Cc1cccc2cc(C(C)=O)ccc12. The van der Waals surface area contributed by atoms with Crippen LogP contribution >= 0.6 is 0 Å². The van der Waals surface area contributed by atoms with Crippen LogP contribution < -0.4 is 0 Å². The van der Waals surface area contributed by atoms with Crippen molar-refractivity contribution in [3.05, 3.63) is 47.5 Å². The predicted molar refractivity (Wildman–Crippen MR) is 74.3 cm³/mol. The van der Waals surface area contributed by atoms with Crippen LogP contribution in [0.2, 0.25) is 0 Å². The molecule has 0 spiro atoms. The fraction of sp³-hybridized carbons (Fsp3) is 0.250. The molecule has 0 aromatic heterocycles. The van der Waals surface area contributed by atoms with Gasteiger partial charge in [-0.2, -0.15) is 0 Å². The van der Waals surface area contributed by atoms with E-state index < -0.39 is 0 Å². The summed E-state index contributed by atoms with van der Waals surface area (Å²) >= 11 is 0. The van der Waals surface area contributed by atoms with Crippen molar-refractivity contribution in [2.75, 3.05) is 6.61 Å². The first-order valence-corrected chi connectivity index (χ1v) is 6.30. The van der Waals surface area contributed by atoms with Gasteiger partial charge in [-0.05, 0) is 36.2 Å². The average molecular weight is 256 g/mol. The molecule has 0 saturated carbocycles. The first-order chi connectivity index (χ1) is 9.11. The minimum Gasteiger partial charge on any atom is -0.466 e. The van der Waals surface area contributed by atoms with Gasteiger partial charge in [-0.3, -0.25) is 9.59 Å². The molecule has 0 saturated heterocycles. The molecule has 0 fully saturated rings. The number of hydrogen-bond acceptors (Lipinski definition) is 3. The second kappa shape index (κ2) is 5.65. The average Bonchev–Trinajstić information content (AvgIpc) is 2.38. The Bertz CT molecular complexity index is 629. The van der Waals surface area contributed by atoms with E-state index in [-0.39, 0.29) is 18.2 Å². The molecule has 0 aliphatic heterocycles. The Hall–Kier alpha value is -2.16. The number of Topliss-reactive ketones (excluding diaryl/α,β-unsaturated/α-hetero) is 1. The van der Waals surface area contributed by atoms with E-state index in [0.717, 1.165) is 16.3 Å². The number of esters is 1. The first-order valence-electron chi connectivity index (χ1n) is 6.30. The maximum Gasteiger partial charge on any atom is 0.310 e. The highest BCUT2D eigenvalue weighted by atomic mass is 16.5. The van der Waals surface area contributed by atoms with E-state index in [0.29, 0.717) is 12.2 Å². The molecule has 0 aliphatic rings. The smallest absolute Gasteiger partial charge is 0.310 e. The van der Waals surface area contributed by atoms with Gasteiger partial charge in [-0.25, -0.2) is 0 Å². The second-order valence-corrected chi connectivity index (χ2v) is 4.39. The van der Waals surface area contributed by atoms with E-state index in [1.807, 2.05) is 30.3 Å². The number of ketones is 1. The van der Waals surface area contributed by atoms with Crippen molar-refractivity contribution in [1.29, 1.82) is 0 Å². The zero-order chi connectivity index (χ0) is 13.8. The quantitative estimate of drug-likeness (QED) is 0.623. The Morgan fingerprint density at radius 2 is 1.95 bits per heavy atom. The van der Waals surface area contributed by atoms with E-state index in [1.165, 1.54) is 0 Å². The minimum absolute atomic E-state index is 0.0395. The largest absolute Gasteiger partial charge is 0.466 e. The first kappa shape index (κ1) is 13.3. The molecular formula is C16H16O3. The molecule has 0 atom stereocenters. The van der Waals surface area contributed by atoms with Gasteiger partial charge in [-0.1, -0.05) is 30.3 Å². The van der Waals surface area contributed by atoms with Crippen molar-refractivity contribution in [3.8, 4) is 0 Å². The molecule has 0 heterocycles. The lowest BCUT2D eigenvalue weighted by molar-refractivity contribution is -0.142. The van der Waals surface area contributed by atoms with Crippen LogP contribution in [0.15, 0.2) is 36.4 Å². The third-order valence-electron chi connectivity index (χ3n) is 3.02. The van der Waals surface area contributed by atoms with Gasteiger partial charge in [0.15, 0.2) is 5.78 Å². The number of benzene rings is 2. The second-order valence-electron chi connectivity index (χ2n) is 4.39. The zero-order valence-electron chi connectivity index (χ0n) is 11.1. The maximum atomic E-state index is 11.6. The van der Waals surface area contributed by atoms with Crippen LogP contribution in [-0.4, -0.2) is 18.4 Å². The summed E-state index contributed by atoms with van der Waals surface area (Å²) in [4.78, 5) is 22.9. The predicted octanol–water partition coefficient (Wildman–Crippen LogP) is 3.15. The van der Waals surface area contributed by atoms with Crippen molar-refractivity contribution in [3.63, 3.8) is 0 Å². The summed E-state index contributed by atoms with van der Waals surface area (Å²) < 4.78 is 4.96. The lowest BCUT2D eigenvalue weighted by atomic mass is 9.99. The molecule has 0 amide bonds. The van der Waals surface area contributed by atoms with Crippen LogP contribution in [0.3, 0.4) is 0 Å². The highest BCUT2D eigenvalue weighted by Crippen LogP contribution is 2.21.